The van der Waals surface area contributed by atoms with Crippen LogP contribution in [0.4, 0.5) is 0 Å². The number of nitrogens with zero attached hydrogens (tertiary/aromatic N) is 2. The normalized spacial score (nSPS) is 24.1. The van der Waals surface area contributed by atoms with Gasteiger partial charge in [-0.15, -0.1) is 0 Å². The van der Waals surface area contributed by atoms with Crippen molar-refractivity contribution in [2.45, 2.75) is 24.3 Å². The van der Waals surface area contributed by atoms with Crippen LogP contribution >= 0.6 is 0 Å². The molecule has 0 radical (unpaired) electrons. The number of nitrogens with two attached hydrogens (primary N) is 1. The molecule has 96 valence electrons. The highest BCUT2D eigenvalue weighted by Crippen LogP contribution is 2.25. The molecule has 0 amide bonds. The van der Waals surface area contributed by atoms with Crippen molar-refractivity contribution in [3.8, 4) is 0 Å². The maximum atomic E-state index is 12.3. The Bertz CT molecular complexity index is 493. The van der Waals surface area contributed by atoms with Gasteiger partial charge in [0.15, 0.2) is 0 Å². The molecule has 1 aliphatic rings. The highest BCUT2D eigenvalue weighted by Gasteiger charge is 2.34. The summed E-state index contributed by atoms with van der Waals surface area (Å²) in [4.78, 5) is 0.366. The third kappa shape index (κ3) is 2.38. The van der Waals surface area contributed by atoms with Gasteiger partial charge in [0.1, 0.15) is 0 Å². The zero-order valence-electron chi connectivity index (χ0n) is 10.2. The first-order valence-corrected chi connectivity index (χ1v) is 7.23. The average molecular weight is 257 g/mol. The molecule has 2 rings (SSSR count). The van der Waals surface area contributed by atoms with E-state index in [1.807, 2.05) is 14.0 Å². The number of hydrogen-bond acceptors (Lipinski definition) is 3. The molecular weight excluding hydrogens is 238 g/mol. The van der Waals surface area contributed by atoms with Crippen LogP contribution in [0.25, 0.3) is 0 Å². The van der Waals surface area contributed by atoms with Gasteiger partial charge in [-0.25, -0.2) is 8.42 Å². The molecule has 0 aliphatic carbocycles. The van der Waals surface area contributed by atoms with E-state index in [1.54, 1.807) is 23.0 Å². The van der Waals surface area contributed by atoms with Crippen LogP contribution in [0.1, 0.15) is 13.3 Å². The van der Waals surface area contributed by atoms with E-state index in [4.69, 9.17) is 5.73 Å². The van der Waals surface area contributed by atoms with Crippen molar-refractivity contribution in [1.29, 1.82) is 0 Å². The highest BCUT2D eigenvalue weighted by molar-refractivity contribution is 7.89. The Morgan fingerprint density at radius 2 is 2.24 bits per heavy atom. The zero-order valence-corrected chi connectivity index (χ0v) is 11.0. The number of aryl methyl sites for hydroxylation is 1. The number of hydrogen-bond donors (Lipinski definition) is 1. The second-order valence-electron chi connectivity index (χ2n) is 4.78. The van der Waals surface area contributed by atoms with E-state index >= 15 is 0 Å². The minimum Gasteiger partial charge on any atom is -0.356 e. The minimum absolute atomic E-state index is 0.0472. The third-order valence-electron chi connectivity index (χ3n) is 3.37. The van der Waals surface area contributed by atoms with Gasteiger partial charge in [-0.05, 0) is 25.3 Å². The van der Waals surface area contributed by atoms with Crippen LogP contribution in [0, 0.1) is 5.92 Å². The van der Waals surface area contributed by atoms with Crippen LogP contribution in [-0.2, 0) is 17.1 Å². The fourth-order valence-electron chi connectivity index (χ4n) is 2.18. The number of rotatable bonds is 3. The summed E-state index contributed by atoms with van der Waals surface area (Å²) in [6, 6.07) is 1.68. The molecule has 2 unspecified atom stereocenters. The lowest BCUT2D eigenvalue weighted by atomic mass is 10.0. The molecule has 1 fully saturated rings. The second kappa shape index (κ2) is 4.44. The smallest absolute Gasteiger partial charge is 0.244 e. The highest BCUT2D eigenvalue weighted by atomic mass is 32.2. The quantitative estimate of drug-likeness (QED) is 0.851. The summed E-state index contributed by atoms with van der Waals surface area (Å²) in [6.45, 7) is 3.04. The Labute approximate surface area is 102 Å². The summed E-state index contributed by atoms with van der Waals surface area (Å²) in [6.07, 6.45) is 4.23. The van der Waals surface area contributed by atoms with Crippen molar-refractivity contribution in [1.82, 2.24) is 8.87 Å². The first kappa shape index (κ1) is 12.6. The maximum Gasteiger partial charge on any atom is 0.244 e. The largest absolute Gasteiger partial charge is 0.356 e. The third-order valence-corrected chi connectivity index (χ3v) is 5.22. The maximum absolute atomic E-state index is 12.3. The number of aromatic nitrogens is 1. The Balaban J connectivity index is 2.18. The second-order valence-corrected chi connectivity index (χ2v) is 6.72. The van der Waals surface area contributed by atoms with E-state index in [0.717, 1.165) is 6.42 Å². The van der Waals surface area contributed by atoms with Crippen LogP contribution < -0.4 is 5.73 Å². The van der Waals surface area contributed by atoms with Gasteiger partial charge in [0, 0.05) is 38.6 Å². The molecule has 2 heterocycles. The lowest BCUT2D eigenvalue weighted by molar-refractivity contribution is 0.429. The van der Waals surface area contributed by atoms with Crippen molar-refractivity contribution in [2.24, 2.45) is 18.7 Å². The zero-order chi connectivity index (χ0) is 12.6. The van der Waals surface area contributed by atoms with E-state index in [9.17, 15) is 8.42 Å². The van der Waals surface area contributed by atoms with Crippen molar-refractivity contribution >= 4 is 10.0 Å². The van der Waals surface area contributed by atoms with E-state index in [0.29, 0.717) is 18.0 Å². The summed E-state index contributed by atoms with van der Waals surface area (Å²) in [5.41, 5.74) is 5.82. The van der Waals surface area contributed by atoms with Gasteiger partial charge < -0.3 is 10.3 Å². The van der Waals surface area contributed by atoms with Gasteiger partial charge in [-0.2, -0.15) is 4.31 Å². The average Bonchev–Trinajstić information content (AvgIpc) is 2.85. The van der Waals surface area contributed by atoms with Crippen molar-refractivity contribution < 1.29 is 8.42 Å². The molecule has 2 N–H and O–H groups in total. The molecular formula is C11H19N3O2S. The summed E-state index contributed by atoms with van der Waals surface area (Å²) < 4.78 is 27.9. The predicted molar refractivity (Wildman–Crippen MR) is 65.9 cm³/mol. The van der Waals surface area contributed by atoms with Gasteiger partial charge in [0.2, 0.25) is 10.0 Å². The standard InChI is InChI=1S/C11H19N3O2S/c1-9(12)10-3-6-14(7-10)17(15,16)11-4-5-13(2)8-11/h4-5,8-10H,3,6-7,12H2,1-2H3. The van der Waals surface area contributed by atoms with Gasteiger partial charge >= 0.3 is 0 Å². The molecule has 1 aromatic heterocycles. The predicted octanol–water partition coefficient (Wildman–Crippen LogP) is 0.383. The fourth-order valence-corrected chi connectivity index (χ4v) is 3.74. The Morgan fingerprint density at radius 3 is 2.71 bits per heavy atom. The van der Waals surface area contributed by atoms with Crippen LogP contribution in [0.2, 0.25) is 0 Å². The topological polar surface area (TPSA) is 68.3 Å². The van der Waals surface area contributed by atoms with Crippen molar-refractivity contribution in [3.05, 3.63) is 18.5 Å². The Kier molecular flexibility index (Phi) is 3.29. The molecule has 0 saturated carbocycles. The van der Waals surface area contributed by atoms with Gasteiger partial charge in [0.05, 0.1) is 4.90 Å². The first-order valence-electron chi connectivity index (χ1n) is 5.79. The number of sulfonamides is 1. The van der Waals surface area contributed by atoms with Crippen LogP contribution in [0.5, 0.6) is 0 Å². The monoisotopic (exact) mass is 257 g/mol. The molecule has 0 bridgehead atoms. The van der Waals surface area contributed by atoms with Crippen LogP contribution in [0.15, 0.2) is 23.4 Å². The van der Waals surface area contributed by atoms with E-state index in [2.05, 4.69) is 0 Å². The first-order chi connectivity index (χ1) is 7.91. The van der Waals surface area contributed by atoms with Gasteiger partial charge in [-0.3, -0.25) is 0 Å². The lowest BCUT2D eigenvalue weighted by Gasteiger charge is -2.17. The molecule has 1 aromatic rings. The molecule has 6 heteroatoms. The van der Waals surface area contributed by atoms with Crippen molar-refractivity contribution in [2.75, 3.05) is 13.1 Å². The van der Waals surface area contributed by atoms with E-state index < -0.39 is 10.0 Å². The van der Waals surface area contributed by atoms with E-state index in [-0.39, 0.29) is 12.0 Å². The minimum atomic E-state index is -3.33. The van der Waals surface area contributed by atoms with Gasteiger partial charge in [-0.1, -0.05) is 0 Å². The van der Waals surface area contributed by atoms with E-state index in [1.165, 1.54) is 4.31 Å². The molecule has 17 heavy (non-hydrogen) atoms. The molecule has 5 nitrogen and oxygen atoms in total. The van der Waals surface area contributed by atoms with Crippen molar-refractivity contribution in [3.63, 3.8) is 0 Å². The Hall–Kier alpha value is -0.850. The molecule has 2 atom stereocenters. The van der Waals surface area contributed by atoms with Gasteiger partial charge in [0.25, 0.3) is 0 Å². The lowest BCUT2D eigenvalue weighted by Crippen LogP contribution is -2.32. The molecule has 1 aliphatic heterocycles. The molecule has 1 saturated heterocycles. The Morgan fingerprint density at radius 1 is 1.53 bits per heavy atom. The molecule has 0 aromatic carbocycles. The van der Waals surface area contributed by atoms with Crippen LogP contribution in [-0.4, -0.2) is 36.4 Å². The SMILES string of the molecule is CC(N)C1CCN(S(=O)(=O)c2ccn(C)c2)C1. The van der Waals surface area contributed by atoms with Crippen LogP contribution in [0.3, 0.4) is 0 Å². The summed E-state index contributed by atoms with van der Waals surface area (Å²) in [7, 11) is -1.51. The fraction of sp³-hybridized carbons (Fsp3) is 0.636. The summed E-state index contributed by atoms with van der Waals surface area (Å²) in [5.74, 6) is 0.272. The summed E-state index contributed by atoms with van der Waals surface area (Å²) >= 11 is 0. The molecule has 0 spiro atoms. The summed E-state index contributed by atoms with van der Waals surface area (Å²) in [5, 5.41) is 0.